The fourth-order valence-electron chi connectivity index (χ4n) is 2.24. The van der Waals surface area contributed by atoms with E-state index in [0.717, 1.165) is 38.5 Å². The first-order valence-corrected chi connectivity index (χ1v) is 8.37. The molecule has 0 bridgehead atoms. The molecule has 0 aromatic heterocycles. The van der Waals surface area contributed by atoms with Gasteiger partial charge in [-0.25, -0.2) is 0 Å². The van der Waals surface area contributed by atoms with Crippen molar-refractivity contribution < 1.29 is 19.7 Å². The third-order valence-electron chi connectivity index (χ3n) is 3.54. The summed E-state index contributed by atoms with van der Waals surface area (Å²) in [6.07, 6.45) is 6.31. The molecule has 0 amide bonds. The van der Waals surface area contributed by atoms with Crippen LogP contribution >= 0.6 is 0 Å². The van der Waals surface area contributed by atoms with Crippen molar-refractivity contribution in [2.75, 3.05) is 13.2 Å². The van der Waals surface area contributed by atoms with Gasteiger partial charge in [0.2, 0.25) is 0 Å². The fraction of sp³-hybridized carbons (Fsp3) is 0.667. The van der Waals surface area contributed by atoms with Gasteiger partial charge in [-0.2, -0.15) is 0 Å². The largest absolute Gasteiger partial charge is 0.508 e. The molecule has 4 heteroatoms. The predicted octanol–water partition coefficient (Wildman–Crippen LogP) is 3.90. The quantitative estimate of drug-likeness (QED) is 0.615. The Balaban J connectivity index is 2.28. The Morgan fingerprint density at radius 1 is 1.05 bits per heavy atom. The second-order valence-electron chi connectivity index (χ2n) is 5.70. The van der Waals surface area contributed by atoms with Crippen LogP contribution in [0.5, 0.6) is 11.5 Å². The zero-order chi connectivity index (χ0) is 16.2. The van der Waals surface area contributed by atoms with E-state index in [4.69, 9.17) is 9.47 Å². The summed E-state index contributed by atoms with van der Waals surface area (Å²) >= 11 is 0. The third kappa shape index (κ3) is 8.25. The van der Waals surface area contributed by atoms with Gasteiger partial charge in [-0.15, -0.1) is 0 Å². The minimum absolute atomic E-state index is 0.155. The van der Waals surface area contributed by atoms with E-state index in [9.17, 15) is 10.2 Å². The molecule has 1 unspecified atom stereocenters. The van der Waals surface area contributed by atoms with Crippen LogP contribution in [0.15, 0.2) is 24.3 Å². The van der Waals surface area contributed by atoms with Crippen molar-refractivity contribution in [3.8, 4) is 11.5 Å². The minimum atomic E-state index is -0.659. The molecule has 0 fully saturated rings. The van der Waals surface area contributed by atoms with E-state index < -0.39 is 6.10 Å². The van der Waals surface area contributed by atoms with Crippen LogP contribution < -0.4 is 4.74 Å². The van der Waals surface area contributed by atoms with Crippen molar-refractivity contribution in [2.45, 2.75) is 64.6 Å². The topological polar surface area (TPSA) is 58.9 Å². The van der Waals surface area contributed by atoms with Gasteiger partial charge in [0.05, 0.1) is 12.7 Å². The number of phenolic OH excluding ortho intramolecular Hbond substituents is 1. The summed E-state index contributed by atoms with van der Waals surface area (Å²) in [5, 5.41) is 19.3. The normalized spacial score (nSPS) is 12.5. The van der Waals surface area contributed by atoms with E-state index in [1.807, 2.05) is 0 Å². The van der Waals surface area contributed by atoms with Crippen molar-refractivity contribution in [3.63, 3.8) is 0 Å². The fourth-order valence-corrected chi connectivity index (χ4v) is 2.24. The van der Waals surface area contributed by atoms with Gasteiger partial charge in [0, 0.05) is 6.07 Å². The molecule has 4 nitrogen and oxygen atoms in total. The lowest BCUT2D eigenvalue weighted by molar-refractivity contribution is -0.0312. The number of benzene rings is 1. The van der Waals surface area contributed by atoms with Crippen molar-refractivity contribution in [2.24, 2.45) is 0 Å². The smallest absolute Gasteiger partial charge is 0.123 e. The Hall–Kier alpha value is -1.26. The van der Waals surface area contributed by atoms with Gasteiger partial charge in [0.15, 0.2) is 0 Å². The Kier molecular flexibility index (Phi) is 9.67. The lowest BCUT2D eigenvalue weighted by Gasteiger charge is -2.20. The number of phenols is 1. The number of hydrogen-bond acceptors (Lipinski definition) is 4. The third-order valence-corrected chi connectivity index (χ3v) is 3.54. The molecule has 0 aliphatic carbocycles. The molecule has 1 aromatic rings. The molecule has 0 radical (unpaired) electrons. The van der Waals surface area contributed by atoms with Crippen molar-refractivity contribution in [3.05, 3.63) is 24.3 Å². The van der Waals surface area contributed by atoms with Crippen molar-refractivity contribution in [1.29, 1.82) is 0 Å². The first kappa shape index (κ1) is 18.8. The number of aliphatic hydroxyl groups is 1. The molecule has 0 aliphatic rings. The van der Waals surface area contributed by atoms with E-state index in [-0.39, 0.29) is 25.1 Å². The Labute approximate surface area is 134 Å². The summed E-state index contributed by atoms with van der Waals surface area (Å²) in [6, 6.07) is 6.56. The molecule has 0 saturated carbocycles. The van der Waals surface area contributed by atoms with Gasteiger partial charge in [0.1, 0.15) is 24.2 Å². The van der Waals surface area contributed by atoms with Gasteiger partial charge in [-0.05, 0) is 25.0 Å². The van der Waals surface area contributed by atoms with Crippen LogP contribution in [0.2, 0.25) is 0 Å². The van der Waals surface area contributed by atoms with Crippen LogP contribution in [-0.4, -0.2) is 35.6 Å². The van der Waals surface area contributed by atoms with Crippen LogP contribution in [0.1, 0.15) is 52.4 Å². The minimum Gasteiger partial charge on any atom is -0.508 e. The van der Waals surface area contributed by atoms with Crippen LogP contribution in [0.25, 0.3) is 0 Å². The van der Waals surface area contributed by atoms with E-state index in [1.54, 1.807) is 18.2 Å². The van der Waals surface area contributed by atoms with E-state index in [1.165, 1.54) is 6.07 Å². The summed E-state index contributed by atoms with van der Waals surface area (Å²) in [6.45, 7) is 4.80. The van der Waals surface area contributed by atoms with E-state index >= 15 is 0 Å². The Morgan fingerprint density at radius 2 is 1.73 bits per heavy atom. The Bertz CT molecular complexity index is 386. The summed E-state index contributed by atoms with van der Waals surface area (Å²) < 4.78 is 11.3. The maximum absolute atomic E-state index is 9.97. The molecule has 0 heterocycles. The van der Waals surface area contributed by atoms with Crippen LogP contribution in [0.3, 0.4) is 0 Å². The van der Waals surface area contributed by atoms with Gasteiger partial charge in [-0.3, -0.25) is 0 Å². The van der Waals surface area contributed by atoms with Crippen molar-refractivity contribution in [1.82, 2.24) is 0 Å². The van der Waals surface area contributed by atoms with Gasteiger partial charge < -0.3 is 19.7 Å². The average molecular weight is 310 g/mol. The first-order chi connectivity index (χ1) is 10.7. The predicted molar refractivity (Wildman–Crippen MR) is 88.4 cm³/mol. The molecule has 126 valence electrons. The van der Waals surface area contributed by atoms with Crippen molar-refractivity contribution >= 4 is 0 Å². The molecular formula is C18H30O4. The van der Waals surface area contributed by atoms with Gasteiger partial charge in [0.25, 0.3) is 0 Å². The highest BCUT2D eigenvalue weighted by Crippen LogP contribution is 2.18. The second-order valence-corrected chi connectivity index (χ2v) is 5.70. The van der Waals surface area contributed by atoms with E-state index in [2.05, 4.69) is 13.8 Å². The number of unbranched alkanes of at least 4 members (excludes halogenated alkanes) is 2. The van der Waals surface area contributed by atoms with E-state index in [0.29, 0.717) is 5.75 Å². The molecule has 1 aromatic carbocycles. The molecular weight excluding hydrogens is 280 g/mol. The summed E-state index contributed by atoms with van der Waals surface area (Å²) in [7, 11) is 0. The highest BCUT2D eigenvalue weighted by Gasteiger charge is 2.12. The molecule has 1 rings (SSSR count). The van der Waals surface area contributed by atoms with Gasteiger partial charge in [-0.1, -0.05) is 45.6 Å². The average Bonchev–Trinajstić information content (AvgIpc) is 2.52. The zero-order valence-corrected chi connectivity index (χ0v) is 13.8. The van der Waals surface area contributed by atoms with Gasteiger partial charge >= 0.3 is 0 Å². The number of aromatic hydroxyl groups is 1. The zero-order valence-electron chi connectivity index (χ0n) is 13.8. The monoisotopic (exact) mass is 310 g/mol. The number of aliphatic hydroxyl groups excluding tert-OH is 1. The number of rotatable bonds is 12. The summed E-state index contributed by atoms with van der Waals surface area (Å²) in [5.74, 6) is 0.704. The second kappa shape index (κ2) is 11.3. The lowest BCUT2D eigenvalue weighted by atomic mass is 10.1. The number of ether oxygens (including phenoxy) is 2. The molecule has 0 spiro atoms. The Morgan fingerprint density at radius 3 is 2.32 bits per heavy atom. The van der Waals surface area contributed by atoms with Crippen LogP contribution in [0, 0.1) is 0 Å². The number of hydrogen-bond donors (Lipinski definition) is 2. The summed E-state index contributed by atoms with van der Waals surface area (Å²) in [4.78, 5) is 0. The summed E-state index contributed by atoms with van der Waals surface area (Å²) in [5.41, 5.74) is 0. The van der Waals surface area contributed by atoms with Crippen LogP contribution in [0.4, 0.5) is 0 Å². The molecule has 1 atom stereocenters. The highest BCUT2D eigenvalue weighted by atomic mass is 16.5. The lowest BCUT2D eigenvalue weighted by Crippen LogP contribution is -2.27. The molecule has 0 aliphatic heterocycles. The molecule has 22 heavy (non-hydrogen) atoms. The SMILES string of the molecule is CCCCC(CCCC)OCC(O)COc1cccc(O)c1. The first-order valence-electron chi connectivity index (χ1n) is 8.37. The van der Waals surface area contributed by atoms with Crippen LogP contribution in [-0.2, 0) is 4.74 Å². The molecule has 0 saturated heterocycles. The standard InChI is InChI=1S/C18H30O4/c1-3-5-9-17(10-6-4-2)21-13-16(20)14-22-18-11-7-8-15(19)12-18/h7-8,11-12,16-17,19-20H,3-6,9-10,13-14H2,1-2H3. The maximum Gasteiger partial charge on any atom is 0.123 e. The highest BCUT2D eigenvalue weighted by molar-refractivity contribution is 5.31. The maximum atomic E-state index is 9.97. The molecule has 2 N–H and O–H groups in total.